The maximum atomic E-state index is 12.8. The molecule has 1 fully saturated rings. The third kappa shape index (κ3) is 3.02. The summed E-state index contributed by atoms with van der Waals surface area (Å²) < 4.78 is 38.5. The molecule has 3 rings (SSSR count). The molecule has 1 unspecified atom stereocenters. The fourth-order valence-corrected chi connectivity index (χ4v) is 2.95. The van der Waals surface area contributed by atoms with Crippen molar-refractivity contribution in [1.29, 1.82) is 0 Å². The van der Waals surface area contributed by atoms with Crippen LogP contribution in [0.1, 0.15) is 18.4 Å². The van der Waals surface area contributed by atoms with Gasteiger partial charge in [0.25, 0.3) is 5.66 Å². The molecular formula is C14H17F3N4. The van der Waals surface area contributed by atoms with Crippen molar-refractivity contribution in [2.24, 2.45) is 16.1 Å². The Kier molecular flexibility index (Phi) is 3.39. The topological polar surface area (TPSA) is 54.0 Å². The molecule has 1 saturated heterocycles. The first-order valence-electron chi connectivity index (χ1n) is 6.95. The van der Waals surface area contributed by atoms with Gasteiger partial charge in [0.2, 0.25) is 0 Å². The van der Waals surface area contributed by atoms with Crippen molar-refractivity contribution in [2.45, 2.75) is 31.2 Å². The van der Waals surface area contributed by atoms with Crippen LogP contribution in [-0.2, 0) is 6.54 Å². The SMILES string of the molecule is Nc1cccc(CN2CCC(CC3(C(F)(F)F)N=N3)C2)c1. The minimum Gasteiger partial charge on any atom is -0.399 e. The zero-order valence-corrected chi connectivity index (χ0v) is 11.5. The van der Waals surface area contributed by atoms with E-state index in [2.05, 4.69) is 15.1 Å². The van der Waals surface area contributed by atoms with Crippen LogP contribution >= 0.6 is 0 Å². The molecule has 0 aliphatic carbocycles. The number of halogens is 3. The predicted octanol–water partition coefficient (Wildman–Crippen LogP) is 3.21. The molecule has 2 N–H and O–H groups in total. The van der Waals surface area contributed by atoms with Crippen molar-refractivity contribution < 1.29 is 13.2 Å². The first-order valence-corrected chi connectivity index (χ1v) is 6.95. The van der Waals surface area contributed by atoms with Crippen LogP contribution in [0.2, 0.25) is 0 Å². The van der Waals surface area contributed by atoms with Gasteiger partial charge in [-0.3, -0.25) is 4.90 Å². The zero-order valence-electron chi connectivity index (χ0n) is 11.5. The lowest BCUT2D eigenvalue weighted by molar-refractivity contribution is -0.167. The average Bonchev–Trinajstić information content (AvgIpc) is 3.05. The number of benzene rings is 1. The molecule has 0 spiro atoms. The summed E-state index contributed by atoms with van der Waals surface area (Å²) in [6.07, 6.45) is -3.62. The normalized spacial score (nSPS) is 24.4. The van der Waals surface area contributed by atoms with Crippen molar-refractivity contribution in [3.8, 4) is 0 Å². The highest BCUT2D eigenvalue weighted by Crippen LogP contribution is 2.49. The van der Waals surface area contributed by atoms with Gasteiger partial charge >= 0.3 is 6.18 Å². The zero-order chi connectivity index (χ0) is 15.1. The number of rotatable bonds is 4. The Labute approximate surface area is 120 Å². The molecule has 21 heavy (non-hydrogen) atoms. The summed E-state index contributed by atoms with van der Waals surface area (Å²) in [5.41, 5.74) is 5.41. The van der Waals surface area contributed by atoms with Crippen LogP contribution in [0.15, 0.2) is 34.5 Å². The van der Waals surface area contributed by atoms with E-state index in [9.17, 15) is 13.2 Å². The number of nitrogen functional groups attached to an aromatic ring is 1. The third-order valence-electron chi connectivity index (χ3n) is 4.10. The molecule has 1 aromatic rings. The van der Waals surface area contributed by atoms with E-state index in [4.69, 9.17) is 5.73 Å². The second kappa shape index (κ2) is 4.98. The summed E-state index contributed by atoms with van der Waals surface area (Å²) in [6, 6.07) is 7.58. The van der Waals surface area contributed by atoms with Crippen molar-refractivity contribution in [3.05, 3.63) is 29.8 Å². The molecule has 2 aliphatic heterocycles. The minimum absolute atomic E-state index is 0.0114. The number of hydrogen-bond donors (Lipinski definition) is 1. The van der Waals surface area contributed by atoms with Gasteiger partial charge in [-0.25, -0.2) is 0 Å². The van der Waals surface area contributed by atoms with Crippen molar-refractivity contribution >= 4 is 5.69 Å². The fourth-order valence-electron chi connectivity index (χ4n) is 2.95. The van der Waals surface area contributed by atoms with E-state index >= 15 is 0 Å². The van der Waals surface area contributed by atoms with Crippen molar-refractivity contribution in [2.75, 3.05) is 18.8 Å². The van der Waals surface area contributed by atoms with Gasteiger partial charge in [0, 0.05) is 25.2 Å². The largest absolute Gasteiger partial charge is 0.437 e. The van der Waals surface area contributed by atoms with Gasteiger partial charge in [0.15, 0.2) is 0 Å². The highest BCUT2D eigenvalue weighted by atomic mass is 19.4. The lowest BCUT2D eigenvalue weighted by atomic mass is 9.96. The number of alkyl halides is 3. The molecule has 0 aromatic heterocycles. The molecule has 1 aromatic carbocycles. The summed E-state index contributed by atoms with van der Waals surface area (Å²) in [5, 5.41) is 6.51. The second-order valence-corrected chi connectivity index (χ2v) is 5.85. The Morgan fingerprint density at radius 2 is 2.10 bits per heavy atom. The van der Waals surface area contributed by atoms with Crippen LogP contribution in [0.5, 0.6) is 0 Å². The van der Waals surface area contributed by atoms with E-state index in [0.717, 1.165) is 25.1 Å². The molecule has 7 heteroatoms. The molecular weight excluding hydrogens is 281 g/mol. The number of nitrogens with zero attached hydrogens (tertiary/aromatic N) is 3. The van der Waals surface area contributed by atoms with Crippen LogP contribution < -0.4 is 5.73 Å². The van der Waals surface area contributed by atoms with Crippen LogP contribution in [0.25, 0.3) is 0 Å². The van der Waals surface area contributed by atoms with Gasteiger partial charge in [-0.1, -0.05) is 12.1 Å². The Balaban J connectivity index is 1.54. The molecule has 1 atom stereocenters. The van der Waals surface area contributed by atoms with Crippen LogP contribution in [0, 0.1) is 5.92 Å². The van der Waals surface area contributed by atoms with Crippen LogP contribution in [0.3, 0.4) is 0 Å². The number of nitrogens with two attached hydrogens (primary N) is 1. The molecule has 2 heterocycles. The first-order chi connectivity index (χ1) is 9.88. The number of hydrogen-bond acceptors (Lipinski definition) is 4. The van der Waals surface area contributed by atoms with E-state index in [1.807, 2.05) is 24.3 Å². The third-order valence-corrected chi connectivity index (χ3v) is 4.10. The summed E-state index contributed by atoms with van der Waals surface area (Å²) in [5.74, 6) is -0.0114. The Hall–Kier alpha value is -1.63. The number of anilines is 1. The fraction of sp³-hybridized carbons (Fsp3) is 0.571. The standard InChI is InChI=1S/C14H17F3N4/c15-14(16,17)13(19-20-13)7-11-4-5-21(9-11)8-10-2-1-3-12(18)6-10/h1-3,6,11H,4-5,7-9,18H2. The lowest BCUT2D eigenvalue weighted by Crippen LogP contribution is -2.35. The summed E-state index contributed by atoms with van der Waals surface area (Å²) in [4.78, 5) is 2.16. The molecule has 4 nitrogen and oxygen atoms in total. The van der Waals surface area contributed by atoms with Gasteiger partial charge in [0.1, 0.15) is 0 Å². The summed E-state index contributed by atoms with van der Waals surface area (Å²) >= 11 is 0. The van der Waals surface area contributed by atoms with Crippen molar-refractivity contribution in [3.63, 3.8) is 0 Å². The van der Waals surface area contributed by atoms with Gasteiger partial charge in [0.05, 0.1) is 0 Å². The number of likely N-dealkylation sites (tertiary alicyclic amines) is 1. The van der Waals surface area contributed by atoms with Gasteiger partial charge in [-0.15, -0.1) is 10.2 Å². The molecule has 0 amide bonds. The molecule has 114 valence electrons. The maximum absolute atomic E-state index is 12.8. The quantitative estimate of drug-likeness (QED) is 0.868. The maximum Gasteiger partial charge on any atom is 0.437 e. The highest BCUT2D eigenvalue weighted by Gasteiger charge is 2.64. The summed E-state index contributed by atoms with van der Waals surface area (Å²) in [6.45, 7) is 2.17. The monoisotopic (exact) mass is 298 g/mol. The minimum atomic E-state index is -4.35. The van der Waals surface area contributed by atoms with E-state index in [1.165, 1.54) is 0 Å². The van der Waals surface area contributed by atoms with Crippen molar-refractivity contribution in [1.82, 2.24) is 4.90 Å². The van der Waals surface area contributed by atoms with E-state index in [1.54, 1.807) is 0 Å². The smallest absolute Gasteiger partial charge is 0.399 e. The van der Waals surface area contributed by atoms with E-state index in [-0.39, 0.29) is 12.3 Å². The summed E-state index contributed by atoms with van der Waals surface area (Å²) in [7, 11) is 0. The Morgan fingerprint density at radius 1 is 1.33 bits per heavy atom. The Morgan fingerprint density at radius 3 is 2.71 bits per heavy atom. The molecule has 0 bridgehead atoms. The molecule has 0 radical (unpaired) electrons. The van der Waals surface area contributed by atoms with E-state index < -0.39 is 11.8 Å². The van der Waals surface area contributed by atoms with Gasteiger partial charge < -0.3 is 5.73 Å². The predicted molar refractivity (Wildman–Crippen MR) is 72.5 cm³/mol. The second-order valence-electron chi connectivity index (χ2n) is 5.85. The molecule has 2 aliphatic rings. The Bertz CT molecular complexity index is 549. The van der Waals surface area contributed by atoms with Crippen LogP contribution in [-0.4, -0.2) is 29.8 Å². The van der Waals surface area contributed by atoms with Gasteiger partial charge in [-0.2, -0.15) is 13.2 Å². The molecule has 0 saturated carbocycles. The van der Waals surface area contributed by atoms with Crippen LogP contribution in [0.4, 0.5) is 18.9 Å². The average molecular weight is 298 g/mol. The lowest BCUT2D eigenvalue weighted by Gasteiger charge is -2.19. The van der Waals surface area contributed by atoms with Gasteiger partial charge in [-0.05, 0) is 36.6 Å². The van der Waals surface area contributed by atoms with E-state index in [0.29, 0.717) is 12.2 Å². The highest BCUT2D eigenvalue weighted by molar-refractivity contribution is 5.40. The first kappa shape index (κ1) is 14.3.